The summed E-state index contributed by atoms with van der Waals surface area (Å²) in [5.74, 6) is 0.784. The summed E-state index contributed by atoms with van der Waals surface area (Å²) < 4.78 is 1.34. The minimum atomic E-state index is -0.131. The van der Waals surface area contributed by atoms with Crippen molar-refractivity contribution in [3.05, 3.63) is 16.3 Å². The van der Waals surface area contributed by atoms with Gasteiger partial charge < -0.3 is 5.32 Å². The Labute approximate surface area is 76.2 Å². The van der Waals surface area contributed by atoms with Crippen molar-refractivity contribution in [1.82, 2.24) is 20.1 Å². The van der Waals surface area contributed by atoms with Gasteiger partial charge >= 0.3 is 5.69 Å². The van der Waals surface area contributed by atoms with E-state index in [0.29, 0.717) is 6.04 Å². The highest BCUT2D eigenvalue weighted by atomic mass is 16.1. The molecule has 0 bridgehead atoms. The first-order valence-corrected chi connectivity index (χ1v) is 4.61. The summed E-state index contributed by atoms with van der Waals surface area (Å²) in [7, 11) is 1.66. The van der Waals surface area contributed by atoms with E-state index in [4.69, 9.17) is 0 Å². The van der Waals surface area contributed by atoms with E-state index >= 15 is 0 Å². The first-order chi connectivity index (χ1) is 6.25. The molecule has 2 N–H and O–H groups in total. The normalized spacial score (nSPS) is 22.4. The standard InChI is InChI=1S/C8H14N4O/c1-12-8(13)10-7(11-12)5-6-3-2-4-9-6/h6,9H,2-5H2,1H3,(H,10,11,13). The number of H-pyrrole nitrogens is 1. The summed E-state index contributed by atoms with van der Waals surface area (Å²) in [6, 6.07) is 0.491. The molecular weight excluding hydrogens is 168 g/mol. The SMILES string of the molecule is Cn1nc(CC2CCCN2)[nH]c1=O. The maximum atomic E-state index is 11.0. The molecule has 1 unspecified atom stereocenters. The Balaban J connectivity index is 2.04. The second-order valence-electron chi connectivity index (χ2n) is 3.50. The summed E-state index contributed by atoms with van der Waals surface area (Å²) in [5.41, 5.74) is -0.131. The van der Waals surface area contributed by atoms with Crippen LogP contribution in [0.1, 0.15) is 18.7 Å². The van der Waals surface area contributed by atoms with E-state index in [1.54, 1.807) is 7.05 Å². The molecule has 1 saturated heterocycles. The minimum absolute atomic E-state index is 0.131. The van der Waals surface area contributed by atoms with Crippen LogP contribution in [0.25, 0.3) is 0 Å². The van der Waals surface area contributed by atoms with E-state index in [2.05, 4.69) is 15.4 Å². The lowest BCUT2D eigenvalue weighted by Crippen LogP contribution is -2.24. The molecule has 0 amide bonds. The number of nitrogens with one attached hydrogen (secondary N) is 2. The highest BCUT2D eigenvalue weighted by molar-refractivity contribution is 4.89. The molecule has 1 aromatic rings. The van der Waals surface area contributed by atoms with Gasteiger partial charge in [-0.1, -0.05) is 0 Å². The van der Waals surface area contributed by atoms with Gasteiger partial charge in [-0.25, -0.2) is 9.48 Å². The van der Waals surface area contributed by atoms with Gasteiger partial charge in [0.25, 0.3) is 0 Å². The van der Waals surface area contributed by atoms with Crippen LogP contribution in [-0.4, -0.2) is 27.4 Å². The molecule has 1 atom stereocenters. The van der Waals surface area contributed by atoms with Crippen LogP contribution in [0.3, 0.4) is 0 Å². The van der Waals surface area contributed by atoms with Crippen molar-refractivity contribution >= 4 is 0 Å². The fourth-order valence-electron chi connectivity index (χ4n) is 1.71. The van der Waals surface area contributed by atoms with Crippen LogP contribution in [0.15, 0.2) is 4.79 Å². The second kappa shape index (κ2) is 3.33. The predicted octanol–water partition coefficient (Wildman–Crippen LogP) is -0.597. The van der Waals surface area contributed by atoms with Gasteiger partial charge in [-0.05, 0) is 19.4 Å². The van der Waals surface area contributed by atoms with Gasteiger partial charge in [0.05, 0.1) is 0 Å². The fourth-order valence-corrected chi connectivity index (χ4v) is 1.71. The minimum Gasteiger partial charge on any atom is -0.314 e. The molecule has 0 aromatic carbocycles. The number of aromatic nitrogens is 3. The van der Waals surface area contributed by atoms with Crippen molar-refractivity contribution in [2.24, 2.45) is 7.05 Å². The molecule has 13 heavy (non-hydrogen) atoms. The first-order valence-electron chi connectivity index (χ1n) is 4.61. The van der Waals surface area contributed by atoms with Gasteiger partial charge in [0.2, 0.25) is 0 Å². The number of aryl methyl sites for hydroxylation is 1. The zero-order chi connectivity index (χ0) is 9.26. The monoisotopic (exact) mass is 182 g/mol. The zero-order valence-corrected chi connectivity index (χ0v) is 7.71. The van der Waals surface area contributed by atoms with Crippen LogP contribution in [-0.2, 0) is 13.5 Å². The molecule has 1 aliphatic rings. The van der Waals surface area contributed by atoms with E-state index in [0.717, 1.165) is 18.8 Å². The van der Waals surface area contributed by atoms with E-state index in [9.17, 15) is 4.79 Å². The van der Waals surface area contributed by atoms with Crippen LogP contribution < -0.4 is 11.0 Å². The fraction of sp³-hybridized carbons (Fsp3) is 0.750. The second-order valence-corrected chi connectivity index (χ2v) is 3.50. The molecule has 0 saturated carbocycles. The molecule has 0 radical (unpaired) electrons. The number of rotatable bonds is 2. The van der Waals surface area contributed by atoms with Gasteiger partial charge in [0, 0.05) is 19.5 Å². The first kappa shape index (κ1) is 8.50. The lowest BCUT2D eigenvalue weighted by atomic mass is 10.1. The van der Waals surface area contributed by atoms with Crippen LogP contribution in [0.4, 0.5) is 0 Å². The third-order valence-electron chi connectivity index (χ3n) is 2.42. The van der Waals surface area contributed by atoms with Crippen molar-refractivity contribution in [2.45, 2.75) is 25.3 Å². The summed E-state index contributed by atoms with van der Waals surface area (Å²) in [6.07, 6.45) is 3.23. The van der Waals surface area contributed by atoms with Crippen molar-refractivity contribution in [3.63, 3.8) is 0 Å². The predicted molar refractivity (Wildman–Crippen MR) is 48.6 cm³/mol. The molecule has 72 valence electrons. The third-order valence-corrected chi connectivity index (χ3v) is 2.42. The zero-order valence-electron chi connectivity index (χ0n) is 7.71. The highest BCUT2D eigenvalue weighted by Crippen LogP contribution is 2.08. The summed E-state index contributed by atoms with van der Waals surface area (Å²) in [6.45, 7) is 1.09. The van der Waals surface area contributed by atoms with Crippen molar-refractivity contribution < 1.29 is 0 Å². The van der Waals surface area contributed by atoms with Crippen molar-refractivity contribution in [2.75, 3.05) is 6.54 Å². The highest BCUT2D eigenvalue weighted by Gasteiger charge is 2.16. The molecule has 1 aromatic heterocycles. The summed E-state index contributed by atoms with van der Waals surface area (Å²) in [5, 5.41) is 7.44. The third kappa shape index (κ3) is 1.80. The molecule has 0 aliphatic carbocycles. The maximum Gasteiger partial charge on any atom is 0.342 e. The quantitative estimate of drug-likeness (QED) is 0.642. The average molecular weight is 182 g/mol. The van der Waals surface area contributed by atoms with Gasteiger partial charge in [-0.2, -0.15) is 5.10 Å². The van der Waals surface area contributed by atoms with Crippen LogP contribution in [0, 0.1) is 0 Å². The van der Waals surface area contributed by atoms with Gasteiger partial charge in [0.1, 0.15) is 5.82 Å². The smallest absolute Gasteiger partial charge is 0.314 e. The molecule has 2 rings (SSSR count). The molecule has 0 spiro atoms. The van der Waals surface area contributed by atoms with E-state index < -0.39 is 0 Å². The van der Waals surface area contributed by atoms with Crippen molar-refractivity contribution in [1.29, 1.82) is 0 Å². The Morgan fingerprint density at radius 1 is 1.69 bits per heavy atom. The lowest BCUT2D eigenvalue weighted by Gasteiger charge is -2.05. The molecule has 5 nitrogen and oxygen atoms in total. The summed E-state index contributed by atoms with van der Waals surface area (Å²) >= 11 is 0. The van der Waals surface area contributed by atoms with E-state index in [-0.39, 0.29) is 5.69 Å². The molecule has 1 aliphatic heterocycles. The number of nitrogens with zero attached hydrogens (tertiary/aromatic N) is 2. The van der Waals surface area contributed by atoms with Crippen LogP contribution >= 0.6 is 0 Å². The largest absolute Gasteiger partial charge is 0.342 e. The van der Waals surface area contributed by atoms with E-state index in [1.165, 1.54) is 17.5 Å². The number of aromatic amines is 1. The molecule has 2 heterocycles. The Hall–Kier alpha value is -1.10. The number of hydrogen-bond acceptors (Lipinski definition) is 3. The average Bonchev–Trinajstić information content (AvgIpc) is 2.64. The lowest BCUT2D eigenvalue weighted by molar-refractivity contribution is 0.581. The molecule has 5 heteroatoms. The summed E-state index contributed by atoms with van der Waals surface area (Å²) in [4.78, 5) is 13.8. The Kier molecular flexibility index (Phi) is 2.18. The number of hydrogen-bond donors (Lipinski definition) is 2. The molecule has 1 fully saturated rings. The Morgan fingerprint density at radius 3 is 3.08 bits per heavy atom. The van der Waals surface area contributed by atoms with Gasteiger partial charge in [-0.3, -0.25) is 4.98 Å². The van der Waals surface area contributed by atoms with Crippen LogP contribution in [0.5, 0.6) is 0 Å². The van der Waals surface area contributed by atoms with Gasteiger partial charge in [-0.15, -0.1) is 0 Å². The Morgan fingerprint density at radius 2 is 2.54 bits per heavy atom. The van der Waals surface area contributed by atoms with Gasteiger partial charge in [0.15, 0.2) is 0 Å². The molecular formula is C8H14N4O. The Bertz CT molecular complexity index is 334. The maximum absolute atomic E-state index is 11.0. The van der Waals surface area contributed by atoms with Crippen LogP contribution in [0.2, 0.25) is 0 Å². The van der Waals surface area contributed by atoms with E-state index in [1.807, 2.05) is 0 Å². The topological polar surface area (TPSA) is 62.7 Å². The van der Waals surface area contributed by atoms with Crippen molar-refractivity contribution in [3.8, 4) is 0 Å².